The van der Waals surface area contributed by atoms with Crippen LogP contribution in [-0.2, 0) is 6.42 Å². The van der Waals surface area contributed by atoms with Gasteiger partial charge < -0.3 is 5.32 Å². The quantitative estimate of drug-likeness (QED) is 0.737. The van der Waals surface area contributed by atoms with Crippen LogP contribution in [0.15, 0.2) is 18.2 Å². The molecule has 0 radical (unpaired) electrons. The molecule has 0 heterocycles. The molecule has 0 aromatic heterocycles. The third kappa shape index (κ3) is 5.14. The summed E-state index contributed by atoms with van der Waals surface area (Å²) in [6.07, 6.45) is 6.54. The maximum Gasteiger partial charge on any atom is 0.0439 e. The van der Waals surface area contributed by atoms with Gasteiger partial charge in [0.25, 0.3) is 0 Å². The van der Waals surface area contributed by atoms with Crippen LogP contribution in [0.25, 0.3) is 0 Å². The highest BCUT2D eigenvalue weighted by atomic mass is 35.5. The van der Waals surface area contributed by atoms with Crippen LogP contribution in [0.3, 0.4) is 0 Å². The van der Waals surface area contributed by atoms with Crippen LogP contribution in [0.1, 0.15) is 38.2 Å². The molecule has 1 unspecified atom stereocenters. The number of likely N-dealkylation sites (N-methyl/N-ethyl adjacent to an activating group) is 1. The second-order valence-corrected chi connectivity index (χ2v) is 7.61. The molecule has 1 N–H and O–H groups in total. The number of benzene rings is 1. The Labute approximate surface area is 136 Å². The van der Waals surface area contributed by atoms with Crippen LogP contribution in [0.5, 0.6) is 0 Å². The van der Waals surface area contributed by atoms with E-state index < -0.39 is 0 Å². The molecule has 112 valence electrons. The van der Waals surface area contributed by atoms with Gasteiger partial charge in [-0.05, 0) is 49.6 Å². The van der Waals surface area contributed by atoms with Gasteiger partial charge in [-0.25, -0.2) is 0 Å². The molecule has 0 bridgehead atoms. The lowest BCUT2D eigenvalue weighted by Crippen LogP contribution is -2.33. The van der Waals surface area contributed by atoms with Crippen LogP contribution in [-0.4, -0.2) is 23.6 Å². The van der Waals surface area contributed by atoms with Crippen molar-refractivity contribution < 1.29 is 0 Å². The van der Waals surface area contributed by atoms with Crippen molar-refractivity contribution in [1.82, 2.24) is 5.32 Å². The lowest BCUT2D eigenvalue weighted by molar-refractivity contribution is 0.572. The van der Waals surface area contributed by atoms with Crippen LogP contribution in [0, 0.1) is 0 Å². The Balaban J connectivity index is 1.91. The molecule has 1 aliphatic rings. The van der Waals surface area contributed by atoms with Gasteiger partial charge in [0.05, 0.1) is 0 Å². The summed E-state index contributed by atoms with van der Waals surface area (Å²) in [6, 6.07) is 6.21. The largest absolute Gasteiger partial charge is 0.313 e. The van der Waals surface area contributed by atoms with Crippen LogP contribution in [0.4, 0.5) is 0 Å². The molecule has 1 aromatic rings. The summed E-state index contributed by atoms with van der Waals surface area (Å²) in [6.45, 7) is 3.15. The zero-order valence-electron chi connectivity index (χ0n) is 12.0. The fourth-order valence-corrected chi connectivity index (χ4v) is 4.55. The Hall–Kier alpha value is 0.110. The fraction of sp³-hybridized carbons (Fsp3) is 0.625. The minimum Gasteiger partial charge on any atom is -0.313 e. The molecular weight excluding hydrogens is 309 g/mol. The molecule has 0 amide bonds. The third-order valence-electron chi connectivity index (χ3n) is 3.80. The van der Waals surface area contributed by atoms with Gasteiger partial charge in [0.15, 0.2) is 0 Å². The molecule has 0 aliphatic heterocycles. The summed E-state index contributed by atoms with van der Waals surface area (Å²) in [4.78, 5) is 0. The number of nitrogens with one attached hydrogen (secondary N) is 1. The van der Waals surface area contributed by atoms with E-state index in [4.69, 9.17) is 23.2 Å². The summed E-state index contributed by atoms with van der Waals surface area (Å²) in [5.41, 5.74) is 1.15. The SMILES string of the molecule is CCNC(CSC1CCCC1)Cc1cc(Cl)ccc1Cl. The molecule has 1 aromatic carbocycles. The molecule has 20 heavy (non-hydrogen) atoms. The van der Waals surface area contributed by atoms with Crippen molar-refractivity contribution in [1.29, 1.82) is 0 Å². The molecule has 0 saturated heterocycles. The number of hydrogen-bond donors (Lipinski definition) is 1. The standard InChI is InChI=1S/C16H23Cl2NS/c1-2-19-14(11-20-15-5-3-4-6-15)10-12-9-13(17)7-8-16(12)18/h7-9,14-15,19H,2-6,10-11H2,1H3. The van der Waals surface area contributed by atoms with E-state index in [0.29, 0.717) is 6.04 Å². The van der Waals surface area contributed by atoms with Crippen molar-refractivity contribution in [2.75, 3.05) is 12.3 Å². The van der Waals surface area contributed by atoms with Gasteiger partial charge in [-0.1, -0.05) is 43.0 Å². The predicted molar refractivity (Wildman–Crippen MR) is 92.3 cm³/mol. The maximum atomic E-state index is 6.27. The molecule has 1 fully saturated rings. The number of rotatable bonds is 7. The molecule has 1 aliphatic carbocycles. The smallest absolute Gasteiger partial charge is 0.0439 e. The molecular formula is C16H23Cl2NS. The normalized spacial score (nSPS) is 17.6. The van der Waals surface area contributed by atoms with E-state index in [1.807, 2.05) is 18.2 Å². The summed E-state index contributed by atoms with van der Waals surface area (Å²) < 4.78 is 0. The Morgan fingerprint density at radius 1 is 1.30 bits per heavy atom. The minimum absolute atomic E-state index is 0.474. The maximum absolute atomic E-state index is 6.27. The van der Waals surface area contributed by atoms with Gasteiger partial charge >= 0.3 is 0 Å². The van der Waals surface area contributed by atoms with E-state index in [1.165, 1.54) is 25.7 Å². The highest BCUT2D eigenvalue weighted by Crippen LogP contribution is 2.30. The summed E-state index contributed by atoms with van der Waals surface area (Å²) >= 11 is 14.5. The van der Waals surface area contributed by atoms with E-state index >= 15 is 0 Å². The molecule has 2 rings (SSSR count). The first-order valence-electron chi connectivity index (χ1n) is 7.48. The lowest BCUT2D eigenvalue weighted by atomic mass is 10.1. The van der Waals surface area contributed by atoms with Gasteiger partial charge in [0.1, 0.15) is 0 Å². The first-order valence-corrected chi connectivity index (χ1v) is 9.28. The Kier molecular flexibility index (Phi) is 7.03. The van der Waals surface area contributed by atoms with Crippen molar-refractivity contribution in [3.8, 4) is 0 Å². The number of halogens is 2. The van der Waals surface area contributed by atoms with Crippen LogP contribution < -0.4 is 5.32 Å². The minimum atomic E-state index is 0.474. The predicted octanol–water partition coefficient (Wildman–Crippen LogP) is 5.19. The van der Waals surface area contributed by atoms with Crippen molar-refractivity contribution in [3.05, 3.63) is 33.8 Å². The van der Waals surface area contributed by atoms with Gasteiger partial charge in [-0.3, -0.25) is 0 Å². The molecule has 4 heteroatoms. The Morgan fingerprint density at radius 2 is 2.05 bits per heavy atom. The second-order valence-electron chi connectivity index (χ2n) is 5.43. The average molecular weight is 332 g/mol. The first-order chi connectivity index (χ1) is 9.69. The van der Waals surface area contributed by atoms with Crippen LogP contribution >= 0.6 is 35.0 Å². The van der Waals surface area contributed by atoms with Gasteiger partial charge in [-0.15, -0.1) is 0 Å². The highest BCUT2D eigenvalue weighted by molar-refractivity contribution is 7.99. The number of hydrogen-bond acceptors (Lipinski definition) is 2. The summed E-state index contributed by atoms with van der Waals surface area (Å²) in [5.74, 6) is 1.15. The van der Waals surface area contributed by atoms with Crippen LogP contribution in [0.2, 0.25) is 10.0 Å². The number of thioether (sulfide) groups is 1. The Morgan fingerprint density at radius 3 is 2.75 bits per heavy atom. The average Bonchev–Trinajstić information content (AvgIpc) is 2.93. The van der Waals surface area contributed by atoms with Crippen molar-refractivity contribution in [2.24, 2.45) is 0 Å². The summed E-state index contributed by atoms with van der Waals surface area (Å²) in [7, 11) is 0. The molecule has 1 atom stereocenters. The van der Waals surface area contributed by atoms with E-state index in [-0.39, 0.29) is 0 Å². The van der Waals surface area contributed by atoms with Crippen molar-refractivity contribution >= 4 is 35.0 Å². The van der Waals surface area contributed by atoms with E-state index in [1.54, 1.807) is 0 Å². The Bertz CT molecular complexity index is 419. The highest BCUT2D eigenvalue weighted by Gasteiger charge is 2.18. The monoisotopic (exact) mass is 331 g/mol. The van der Waals surface area contributed by atoms with Gasteiger partial charge in [-0.2, -0.15) is 11.8 Å². The molecule has 1 nitrogen and oxygen atoms in total. The van der Waals surface area contributed by atoms with Gasteiger partial charge in [0, 0.05) is 27.1 Å². The topological polar surface area (TPSA) is 12.0 Å². The second kappa shape index (κ2) is 8.53. The van der Waals surface area contributed by atoms with E-state index in [0.717, 1.165) is 39.6 Å². The van der Waals surface area contributed by atoms with Crippen molar-refractivity contribution in [2.45, 2.75) is 50.3 Å². The summed E-state index contributed by atoms with van der Waals surface area (Å²) in [5, 5.41) is 6.03. The zero-order valence-corrected chi connectivity index (χ0v) is 14.3. The molecule has 0 spiro atoms. The third-order valence-corrected chi connectivity index (χ3v) is 5.94. The van der Waals surface area contributed by atoms with Crippen molar-refractivity contribution in [3.63, 3.8) is 0 Å². The molecule has 1 saturated carbocycles. The fourth-order valence-electron chi connectivity index (χ4n) is 2.75. The first kappa shape index (κ1) is 16.5. The zero-order chi connectivity index (χ0) is 14.4. The van der Waals surface area contributed by atoms with Gasteiger partial charge in [0.2, 0.25) is 0 Å². The van der Waals surface area contributed by atoms with E-state index in [9.17, 15) is 0 Å². The van der Waals surface area contributed by atoms with E-state index in [2.05, 4.69) is 24.0 Å². The lowest BCUT2D eigenvalue weighted by Gasteiger charge is -2.20.